The molecule has 0 aliphatic carbocycles. The molecule has 4 atom stereocenters. The number of amides is 3. The van der Waals surface area contributed by atoms with Gasteiger partial charge < -0.3 is 36.6 Å². The summed E-state index contributed by atoms with van der Waals surface area (Å²) in [5.74, 6) is -6.21. The molecular weight excluding hydrogens is 476 g/mol. The number of nitrogens with zero attached hydrogens (tertiary/aromatic N) is 1. The van der Waals surface area contributed by atoms with Gasteiger partial charge in [0, 0.05) is 19.4 Å². The third-order valence-corrected chi connectivity index (χ3v) is 5.73. The van der Waals surface area contributed by atoms with E-state index in [4.69, 9.17) is 15.9 Å². The molecule has 13 nitrogen and oxygen atoms in total. The minimum absolute atomic E-state index is 0.0172. The molecule has 4 unspecified atom stereocenters. The summed E-state index contributed by atoms with van der Waals surface area (Å²) in [6, 6.07) is 3.56. The Kier molecular flexibility index (Phi) is 10.3. The third-order valence-electron chi connectivity index (χ3n) is 5.73. The van der Waals surface area contributed by atoms with Crippen LogP contribution in [0.2, 0.25) is 0 Å². The molecule has 13 heteroatoms. The number of nitrogens with two attached hydrogens (primary N) is 1. The van der Waals surface area contributed by atoms with Gasteiger partial charge in [-0.3, -0.25) is 24.0 Å². The van der Waals surface area contributed by atoms with E-state index in [1.54, 1.807) is 30.3 Å². The number of hydrogen-bond acceptors (Lipinski definition) is 7. The van der Waals surface area contributed by atoms with Crippen LogP contribution in [0.1, 0.15) is 37.7 Å². The first-order chi connectivity index (χ1) is 17.0. The Hall–Kier alpha value is -4.00. The lowest BCUT2D eigenvalue weighted by Crippen LogP contribution is -2.57. The molecule has 0 saturated carbocycles. The highest BCUT2D eigenvalue weighted by atomic mass is 16.4. The number of aliphatic carboxylic acids is 3. The minimum Gasteiger partial charge on any atom is -0.481 e. The van der Waals surface area contributed by atoms with Gasteiger partial charge in [0.15, 0.2) is 0 Å². The zero-order valence-corrected chi connectivity index (χ0v) is 19.5. The third kappa shape index (κ3) is 8.34. The molecule has 0 spiro atoms. The molecule has 1 saturated heterocycles. The molecule has 0 radical (unpaired) electrons. The molecule has 0 bridgehead atoms. The number of rotatable bonds is 13. The van der Waals surface area contributed by atoms with E-state index in [-0.39, 0.29) is 25.8 Å². The van der Waals surface area contributed by atoms with Gasteiger partial charge in [-0.1, -0.05) is 30.3 Å². The molecule has 1 aromatic rings. The SMILES string of the molecule is NC(CCC(=O)O)C(=O)N1CCCC1C(=O)NC(Cc1ccccc1)C(=O)NC(CC(=O)O)C(=O)O. The van der Waals surface area contributed by atoms with Crippen LogP contribution in [-0.2, 0) is 35.2 Å². The Morgan fingerprint density at radius 3 is 2.22 bits per heavy atom. The number of carbonyl (C=O) groups is 6. The van der Waals surface area contributed by atoms with Crippen LogP contribution in [0.25, 0.3) is 0 Å². The number of hydrogen-bond donors (Lipinski definition) is 6. The summed E-state index contributed by atoms with van der Waals surface area (Å²) in [5, 5.41) is 31.7. The molecule has 1 heterocycles. The topological polar surface area (TPSA) is 216 Å². The lowest BCUT2D eigenvalue weighted by Gasteiger charge is -2.28. The summed E-state index contributed by atoms with van der Waals surface area (Å²) in [4.78, 5) is 73.2. The highest BCUT2D eigenvalue weighted by molar-refractivity contribution is 5.95. The van der Waals surface area contributed by atoms with Crippen LogP contribution in [0.5, 0.6) is 0 Å². The van der Waals surface area contributed by atoms with Crippen molar-refractivity contribution in [3.8, 4) is 0 Å². The van der Waals surface area contributed by atoms with Gasteiger partial charge in [0.2, 0.25) is 17.7 Å². The van der Waals surface area contributed by atoms with Crippen LogP contribution in [-0.4, -0.2) is 86.6 Å². The maximum Gasteiger partial charge on any atom is 0.326 e. The van der Waals surface area contributed by atoms with Crippen LogP contribution in [0.3, 0.4) is 0 Å². The number of nitrogens with one attached hydrogen (secondary N) is 2. The zero-order chi connectivity index (χ0) is 26.8. The van der Waals surface area contributed by atoms with E-state index < -0.39 is 66.2 Å². The van der Waals surface area contributed by atoms with E-state index in [0.29, 0.717) is 18.4 Å². The first-order valence-electron chi connectivity index (χ1n) is 11.4. The number of benzene rings is 1. The van der Waals surface area contributed by atoms with Gasteiger partial charge in [-0.15, -0.1) is 0 Å². The fourth-order valence-electron chi connectivity index (χ4n) is 3.89. The average molecular weight is 507 g/mol. The van der Waals surface area contributed by atoms with Gasteiger partial charge >= 0.3 is 17.9 Å². The number of carboxylic acids is 3. The average Bonchev–Trinajstić information content (AvgIpc) is 3.31. The molecule has 3 amide bonds. The zero-order valence-electron chi connectivity index (χ0n) is 19.5. The van der Waals surface area contributed by atoms with Crippen molar-refractivity contribution in [2.24, 2.45) is 5.73 Å². The molecular formula is C23H30N4O9. The van der Waals surface area contributed by atoms with Crippen molar-refractivity contribution < 1.29 is 44.1 Å². The van der Waals surface area contributed by atoms with E-state index in [2.05, 4.69) is 10.6 Å². The normalized spacial score (nSPS) is 17.5. The molecule has 7 N–H and O–H groups in total. The van der Waals surface area contributed by atoms with Gasteiger partial charge in [-0.2, -0.15) is 0 Å². The summed E-state index contributed by atoms with van der Waals surface area (Å²) in [5.41, 5.74) is 6.48. The number of carbonyl (C=O) groups excluding carboxylic acids is 3. The molecule has 0 aromatic heterocycles. The van der Waals surface area contributed by atoms with Crippen molar-refractivity contribution >= 4 is 35.6 Å². The van der Waals surface area contributed by atoms with E-state index in [1.165, 1.54) is 4.90 Å². The van der Waals surface area contributed by atoms with Gasteiger partial charge in [-0.25, -0.2) is 4.79 Å². The molecule has 1 fully saturated rings. The molecule has 1 aliphatic rings. The Bertz CT molecular complexity index is 985. The van der Waals surface area contributed by atoms with Crippen molar-refractivity contribution in [1.82, 2.24) is 15.5 Å². The molecule has 1 aromatic carbocycles. The second-order valence-corrected chi connectivity index (χ2v) is 8.48. The Morgan fingerprint density at radius 1 is 0.972 bits per heavy atom. The van der Waals surface area contributed by atoms with Gasteiger partial charge in [0.1, 0.15) is 18.1 Å². The van der Waals surface area contributed by atoms with Crippen LogP contribution < -0.4 is 16.4 Å². The number of likely N-dealkylation sites (tertiary alicyclic amines) is 1. The van der Waals surface area contributed by atoms with Crippen molar-refractivity contribution in [3.05, 3.63) is 35.9 Å². The first kappa shape index (κ1) is 28.2. The second kappa shape index (κ2) is 13.2. The lowest BCUT2D eigenvalue weighted by atomic mass is 10.0. The largest absolute Gasteiger partial charge is 0.481 e. The molecule has 1 aliphatic heterocycles. The van der Waals surface area contributed by atoms with Crippen LogP contribution in [0, 0.1) is 0 Å². The molecule has 196 valence electrons. The van der Waals surface area contributed by atoms with Crippen molar-refractivity contribution in [2.45, 2.75) is 62.7 Å². The Balaban J connectivity index is 2.17. The monoisotopic (exact) mass is 506 g/mol. The smallest absolute Gasteiger partial charge is 0.326 e. The van der Waals surface area contributed by atoms with Crippen LogP contribution >= 0.6 is 0 Å². The highest BCUT2D eigenvalue weighted by Crippen LogP contribution is 2.20. The Morgan fingerprint density at radius 2 is 1.64 bits per heavy atom. The van der Waals surface area contributed by atoms with E-state index in [0.717, 1.165) is 0 Å². The summed E-state index contributed by atoms with van der Waals surface area (Å²) in [6.45, 7) is 0.229. The van der Waals surface area contributed by atoms with Crippen LogP contribution in [0.4, 0.5) is 0 Å². The highest BCUT2D eigenvalue weighted by Gasteiger charge is 2.38. The van der Waals surface area contributed by atoms with Crippen LogP contribution in [0.15, 0.2) is 30.3 Å². The van der Waals surface area contributed by atoms with Crippen molar-refractivity contribution in [2.75, 3.05) is 6.54 Å². The van der Waals surface area contributed by atoms with Gasteiger partial charge in [0.25, 0.3) is 0 Å². The summed E-state index contributed by atoms with van der Waals surface area (Å²) < 4.78 is 0. The second-order valence-electron chi connectivity index (χ2n) is 8.48. The molecule has 36 heavy (non-hydrogen) atoms. The van der Waals surface area contributed by atoms with Gasteiger partial charge in [-0.05, 0) is 24.8 Å². The van der Waals surface area contributed by atoms with Crippen molar-refractivity contribution in [1.29, 1.82) is 0 Å². The minimum atomic E-state index is -1.71. The van der Waals surface area contributed by atoms with Gasteiger partial charge in [0.05, 0.1) is 12.5 Å². The Labute approximate surface area is 206 Å². The fourth-order valence-corrected chi connectivity index (χ4v) is 3.89. The maximum atomic E-state index is 13.1. The number of carboxylic acid groups (broad SMARTS) is 3. The van der Waals surface area contributed by atoms with E-state index in [9.17, 15) is 33.9 Å². The first-order valence-corrected chi connectivity index (χ1v) is 11.4. The maximum absolute atomic E-state index is 13.1. The molecule has 2 rings (SSSR count). The summed E-state index contributed by atoms with van der Waals surface area (Å²) in [6.07, 6.45) is -0.497. The van der Waals surface area contributed by atoms with Crippen molar-refractivity contribution in [3.63, 3.8) is 0 Å². The lowest BCUT2D eigenvalue weighted by molar-refractivity contribution is -0.147. The predicted molar refractivity (Wildman–Crippen MR) is 123 cm³/mol. The fraction of sp³-hybridized carbons (Fsp3) is 0.478. The summed E-state index contributed by atoms with van der Waals surface area (Å²) in [7, 11) is 0. The summed E-state index contributed by atoms with van der Waals surface area (Å²) >= 11 is 0. The standard InChI is InChI=1S/C23H30N4O9/c24-14(8-9-18(28)29)22(34)27-10-4-7-17(27)21(33)25-15(11-13-5-2-1-3-6-13)20(32)26-16(23(35)36)12-19(30)31/h1-3,5-6,14-17H,4,7-12,24H2,(H,25,33)(H,26,32)(H,28,29)(H,30,31)(H,35,36). The van der Waals surface area contributed by atoms with E-state index in [1.807, 2.05) is 0 Å². The van der Waals surface area contributed by atoms with E-state index >= 15 is 0 Å². The predicted octanol–water partition coefficient (Wildman–Crippen LogP) is -1.06. The quantitative estimate of drug-likeness (QED) is 0.190.